The predicted octanol–water partition coefficient (Wildman–Crippen LogP) is 4.04. The van der Waals surface area contributed by atoms with Gasteiger partial charge in [-0.25, -0.2) is 8.78 Å². The number of rotatable bonds is 3. The van der Waals surface area contributed by atoms with Gasteiger partial charge < -0.3 is 5.32 Å². The SMILES string of the molecule is N#Cc1cc(F)c(CNC2CCCCCCC2)c(F)c1. The van der Waals surface area contributed by atoms with Crippen LogP contribution in [-0.4, -0.2) is 6.04 Å². The topological polar surface area (TPSA) is 35.8 Å². The van der Waals surface area contributed by atoms with Gasteiger partial charge in [0.2, 0.25) is 0 Å². The van der Waals surface area contributed by atoms with Crippen LogP contribution < -0.4 is 5.32 Å². The summed E-state index contributed by atoms with van der Waals surface area (Å²) in [5.41, 5.74) is 0.0563. The van der Waals surface area contributed by atoms with Gasteiger partial charge in [0.1, 0.15) is 11.6 Å². The van der Waals surface area contributed by atoms with Crippen LogP contribution in [0.4, 0.5) is 8.78 Å². The first kappa shape index (κ1) is 14.9. The Morgan fingerprint density at radius 3 is 2.15 bits per heavy atom. The molecule has 0 atom stereocenters. The third-order valence-electron chi connectivity index (χ3n) is 3.94. The first-order chi connectivity index (χ1) is 9.70. The zero-order chi connectivity index (χ0) is 14.4. The quantitative estimate of drug-likeness (QED) is 0.905. The van der Waals surface area contributed by atoms with Crippen molar-refractivity contribution in [2.45, 2.75) is 57.5 Å². The summed E-state index contributed by atoms with van der Waals surface area (Å²) in [6.45, 7) is 0.189. The van der Waals surface area contributed by atoms with Crippen molar-refractivity contribution in [1.29, 1.82) is 5.26 Å². The molecular weight excluding hydrogens is 258 g/mol. The normalized spacial score (nSPS) is 17.2. The highest BCUT2D eigenvalue weighted by Gasteiger charge is 2.15. The number of nitrogens with zero attached hydrogens (tertiary/aromatic N) is 1. The second-order valence-electron chi connectivity index (χ2n) is 5.45. The summed E-state index contributed by atoms with van der Waals surface area (Å²) >= 11 is 0. The van der Waals surface area contributed by atoms with Crippen LogP contribution in [0.1, 0.15) is 56.1 Å². The predicted molar refractivity (Wildman–Crippen MR) is 74.0 cm³/mol. The van der Waals surface area contributed by atoms with Crippen LogP contribution in [0, 0.1) is 23.0 Å². The first-order valence-electron chi connectivity index (χ1n) is 7.32. The number of nitrogens with one attached hydrogen (secondary N) is 1. The number of hydrogen-bond donors (Lipinski definition) is 1. The van der Waals surface area contributed by atoms with Crippen molar-refractivity contribution < 1.29 is 8.78 Å². The number of hydrogen-bond acceptors (Lipinski definition) is 2. The van der Waals surface area contributed by atoms with Crippen LogP contribution >= 0.6 is 0 Å². The summed E-state index contributed by atoms with van der Waals surface area (Å²) in [5, 5.41) is 11.9. The Morgan fingerprint density at radius 2 is 1.60 bits per heavy atom. The lowest BCUT2D eigenvalue weighted by molar-refractivity contribution is 0.383. The van der Waals surface area contributed by atoms with Gasteiger partial charge in [-0.2, -0.15) is 5.26 Å². The maximum atomic E-state index is 13.8. The van der Waals surface area contributed by atoms with Crippen molar-refractivity contribution in [2.24, 2.45) is 0 Å². The number of benzene rings is 1. The first-order valence-corrected chi connectivity index (χ1v) is 7.32. The molecule has 0 radical (unpaired) electrons. The lowest BCUT2D eigenvalue weighted by atomic mass is 9.96. The molecule has 20 heavy (non-hydrogen) atoms. The molecule has 0 aliphatic heterocycles. The minimum atomic E-state index is -0.639. The summed E-state index contributed by atoms with van der Waals surface area (Å²) in [6, 6.07) is 4.28. The zero-order valence-electron chi connectivity index (χ0n) is 11.6. The van der Waals surface area contributed by atoms with Gasteiger partial charge in [-0.1, -0.05) is 32.1 Å². The van der Waals surface area contributed by atoms with Crippen molar-refractivity contribution >= 4 is 0 Å². The summed E-state index contributed by atoms with van der Waals surface area (Å²) in [7, 11) is 0. The highest BCUT2D eigenvalue weighted by Crippen LogP contribution is 2.19. The van der Waals surface area contributed by atoms with Crippen LogP contribution in [0.3, 0.4) is 0 Å². The summed E-state index contributed by atoms with van der Waals surface area (Å²) in [6.07, 6.45) is 8.28. The lowest BCUT2D eigenvalue weighted by Gasteiger charge is -2.21. The van der Waals surface area contributed by atoms with E-state index in [2.05, 4.69) is 5.32 Å². The van der Waals surface area contributed by atoms with Crippen LogP contribution in [-0.2, 0) is 6.54 Å². The molecule has 0 bridgehead atoms. The summed E-state index contributed by atoms with van der Waals surface area (Å²) < 4.78 is 27.5. The fourth-order valence-corrected chi connectivity index (χ4v) is 2.74. The van der Waals surface area contributed by atoms with E-state index < -0.39 is 11.6 Å². The maximum absolute atomic E-state index is 13.8. The van der Waals surface area contributed by atoms with E-state index >= 15 is 0 Å². The average Bonchev–Trinajstić information content (AvgIpc) is 2.39. The Hall–Kier alpha value is -1.47. The largest absolute Gasteiger partial charge is 0.310 e. The second-order valence-corrected chi connectivity index (χ2v) is 5.45. The fraction of sp³-hybridized carbons (Fsp3) is 0.562. The standard InChI is InChI=1S/C16H20F2N2/c17-15-8-12(10-19)9-16(18)14(15)11-20-13-6-4-2-1-3-5-7-13/h8-9,13,20H,1-7,11H2. The number of nitriles is 1. The Balaban J connectivity index is 1.98. The average molecular weight is 278 g/mol. The second kappa shape index (κ2) is 7.35. The molecule has 1 aromatic carbocycles. The molecule has 1 saturated carbocycles. The van der Waals surface area contributed by atoms with Crippen LogP contribution in [0.25, 0.3) is 0 Å². The number of halogens is 2. The molecule has 1 aromatic rings. The van der Waals surface area contributed by atoms with E-state index in [0.717, 1.165) is 25.0 Å². The van der Waals surface area contributed by atoms with Gasteiger partial charge in [0.25, 0.3) is 0 Å². The minimum absolute atomic E-state index is 0.0229. The van der Waals surface area contributed by atoms with Crippen LogP contribution in [0.2, 0.25) is 0 Å². The van der Waals surface area contributed by atoms with Crippen LogP contribution in [0.15, 0.2) is 12.1 Å². The molecule has 0 heterocycles. The van der Waals surface area contributed by atoms with Crippen molar-refractivity contribution in [3.05, 3.63) is 34.9 Å². The van der Waals surface area contributed by atoms with Gasteiger partial charge in [0.05, 0.1) is 11.6 Å². The molecule has 1 fully saturated rings. The van der Waals surface area contributed by atoms with Gasteiger partial charge in [-0.15, -0.1) is 0 Å². The summed E-state index contributed by atoms with van der Waals surface area (Å²) in [5.74, 6) is -1.28. The third-order valence-corrected chi connectivity index (χ3v) is 3.94. The molecule has 4 heteroatoms. The Labute approximate surface area is 118 Å². The molecule has 1 N–H and O–H groups in total. The van der Waals surface area contributed by atoms with Gasteiger partial charge in [0, 0.05) is 18.2 Å². The van der Waals surface area contributed by atoms with Crippen molar-refractivity contribution in [2.75, 3.05) is 0 Å². The molecule has 0 amide bonds. The molecule has 2 nitrogen and oxygen atoms in total. The third kappa shape index (κ3) is 4.01. The van der Waals surface area contributed by atoms with E-state index in [-0.39, 0.29) is 17.7 Å². The maximum Gasteiger partial charge on any atom is 0.131 e. The molecule has 108 valence electrons. The molecule has 0 spiro atoms. The van der Waals surface area contributed by atoms with Gasteiger partial charge >= 0.3 is 0 Å². The highest BCUT2D eigenvalue weighted by molar-refractivity contribution is 5.34. The smallest absolute Gasteiger partial charge is 0.131 e. The van der Waals surface area contributed by atoms with Crippen molar-refractivity contribution in [1.82, 2.24) is 5.32 Å². The zero-order valence-corrected chi connectivity index (χ0v) is 11.6. The van der Waals surface area contributed by atoms with E-state index in [1.165, 1.54) is 32.1 Å². The van der Waals surface area contributed by atoms with Gasteiger partial charge in [-0.3, -0.25) is 0 Å². The monoisotopic (exact) mass is 278 g/mol. The lowest BCUT2D eigenvalue weighted by Crippen LogP contribution is -2.30. The van der Waals surface area contributed by atoms with E-state index in [1.54, 1.807) is 6.07 Å². The van der Waals surface area contributed by atoms with Gasteiger partial charge in [-0.05, 0) is 25.0 Å². The van der Waals surface area contributed by atoms with Crippen molar-refractivity contribution in [3.8, 4) is 6.07 Å². The van der Waals surface area contributed by atoms with E-state index in [1.807, 2.05) is 0 Å². The fourth-order valence-electron chi connectivity index (χ4n) is 2.74. The van der Waals surface area contributed by atoms with E-state index in [9.17, 15) is 8.78 Å². The van der Waals surface area contributed by atoms with Gasteiger partial charge in [0.15, 0.2) is 0 Å². The Morgan fingerprint density at radius 1 is 1.05 bits per heavy atom. The molecule has 0 aromatic heterocycles. The highest BCUT2D eigenvalue weighted by atomic mass is 19.1. The van der Waals surface area contributed by atoms with Crippen molar-refractivity contribution in [3.63, 3.8) is 0 Å². The Bertz CT molecular complexity index is 463. The molecule has 0 saturated heterocycles. The molecule has 1 aliphatic carbocycles. The Kier molecular flexibility index (Phi) is 5.49. The minimum Gasteiger partial charge on any atom is -0.310 e. The molecule has 1 aliphatic rings. The molecule has 0 unspecified atom stereocenters. The molecular formula is C16H20F2N2. The summed E-state index contributed by atoms with van der Waals surface area (Å²) in [4.78, 5) is 0. The van der Waals surface area contributed by atoms with E-state index in [0.29, 0.717) is 6.04 Å². The molecule has 2 rings (SSSR count). The van der Waals surface area contributed by atoms with Crippen LogP contribution in [0.5, 0.6) is 0 Å². The van der Waals surface area contributed by atoms with E-state index in [4.69, 9.17) is 5.26 Å².